The molecule has 1 aliphatic heterocycles. The fourth-order valence-electron chi connectivity index (χ4n) is 5.41. The molecule has 0 saturated carbocycles. The molecular weight excluding hydrogens is 542 g/mol. The van der Waals surface area contributed by atoms with Gasteiger partial charge in [-0.05, 0) is 39.1 Å². The van der Waals surface area contributed by atoms with E-state index in [-0.39, 0.29) is 18.7 Å². The lowest BCUT2D eigenvalue weighted by Gasteiger charge is -2.28. The summed E-state index contributed by atoms with van der Waals surface area (Å²) in [6, 6.07) is 25.7. The molecule has 3 heterocycles. The molecule has 0 fully saturated rings. The fraction of sp³-hybridized carbons (Fsp3) is 0.273. The van der Waals surface area contributed by atoms with Gasteiger partial charge in [-0.2, -0.15) is 0 Å². The Morgan fingerprint density at radius 1 is 0.953 bits per heavy atom. The first-order valence-electron chi connectivity index (χ1n) is 14.6. The van der Waals surface area contributed by atoms with Crippen LogP contribution in [0.25, 0.3) is 22.5 Å². The molecule has 2 aromatic heterocycles. The third-order valence-corrected chi connectivity index (χ3v) is 7.75. The van der Waals surface area contributed by atoms with Crippen molar-refractivity contribution in [3.05, 3.63) is 117 Å². The summed E-state index contributed by atoms with van der Waals surface area (Å²) >= 11 is 0. The van der Waals surface area contributed by atoms with Crippen molar-refractivity contribution in [2.24, 2.45) is 0 Å². The molecule has 0 saturated heterocycles. The maximum Gasteiger partial charge on any atom is 0.410 e. The largest absolute Gasteiger partial charge is 0.445 e. The number of H-pyrrole nitrogens is 1. The average molecular weight is 576 g/mol. The van der Waals surface area contributed by atoms with E-state index in [0.717, 1.165) is 58.6 Å². The van der Waals surface area contributed by atoms with Crippen molar-refractivity contribution < 1.29 is 9.53 Å². The molecule has 3 aromatic carbocycles. The van der Waals surface area contributed by atoms with Gasteiger partial charge in [-0.25, -0.2) is 14.9 Å². The topological polar surface area (TPSA) is 119 Å². The molecule has 1 amide bonds. The van der Waals surface area contributed by atoms with E-state index in [9.17, 15) is 9.59 Å². The summed E-state index contributed by atoms with van der Waals surface area (Å²) in [5, 5.41) is 14.3. The number of carbonyl (C=O) groups excluding carboxylic acids is 1. The van der Waals surface area contributed by atoms with Gasteiger partial charge >= 0.3 is 6.09 Å². The predicted molar refractivity (Wildman–Crippen MR) is 162 cm³/mol. The number of hydrogen-bond acceptors (Lipinski definition) is 7. The Morgan fingerprint density at radius 2 is 1.72 bits per heavy atom. The Kier molecular flexibility index (Phi) is 8.35. The van der Waals surface area contributed by atoms with Crippen LogP contribution in [0.4, 0.5) is 4.79 Å². The number of aryl methyl sites for hydroxylation is 1. The molecule has 43 heavy (non-hydrogen) atoms. The molecule has 0 bridgehead atoms. The van der Waals surface area contributed by atoms with Crippen LogP contribution in [-0.2, 0) is 37.3 Å². The number of aromatic nitrogens is 6. The number of carbonyl (C=O) groups is 1. The number of nitrogens with zero attached hydrogens (tertiary/aromatic N) is 6. The lowest BCUT2D eigenvalue weighted by Crippen LogP contribution is -2.42. The Morgan fingerprint density at radius 3 is 2.47 bits per heavy atom. The lowest BCUT2D eigenvalue weighted by atomic mass is 9.98. The number of amides is 1. The van der Waals surface area contributed by atoms with Crippen LogP contribution < -0.4 is 5.56 Å². The predicted octanol–water partition coefficient (Wildman–Crippen LogP) is 5.18. The lowest BCUT2D eigenvalue weighted by molar-refractivity contribution is 0.0912. The summed E-state index contributed by atoms with van der Waals surface area (Å²) in [6.45, 7) is 3.37. The number of tetrazole rings is 1. The number of benzene rings is 3. The van der Waals surface area contributed by atoms with Gasteiger partial charge in [-0.1, -0.05) is 92.2 Å². The maximum atomic E-state index is 13.9. The van der Waals surface area contributed by atoms with Gasteiger partial charge in [-0.3, -0.25) is 9.36 Å². The molecule has 1 aliphatic rings. The molecule has 0 spiro atoms. The highest BCUT2D eigenvalue weighted by Crippen LogP contribution is 2.30. The number of aromatic amines is 1. The number of fused-ring (bicyclic) bond motifs is 1. The van der Waals surface area contributed by atoms with Crippen LogP contribution in [0, 0.1) is 0 Å². The molecule has 1 N–H and O–H groups in total. The van der Waals surface area contributed by atoms with Crippen LogP contribution in [0.2, 0.25) is 0 Å². The number of rotatable bonds is 9. The van der Waals surface area contributed by atoms with Crippen molar-refractivity contribution in [2.75, 3.05) is 6.54 Å². The van der Waals surface area contributed by atoms with Crippen LogP contribution in [0.5, 0.6) is 0 Å². The van der Waals surface area contributed by atoms with Crippen LogP contribution in [0.15, 0.2) is 83.7 Å². The zero-order valence-electron chi connectivity index (χ0n) is 24.1. The van der Waals surface area contributed by atoms with E-state index < -0.39 is 6.09 Å². The standard InChI is InChI=1S/C33H33N7O3/c1-2-3-13-30-34-29-18-19-39(33(42)43-22-24-9-5-4-6-10-24)21-28(29)32(41)40(30)20-23-14-16-25(17-15-23)26-11-7-8-12-27(26)31-35-37-38-36-31/h4-12,14-17H,2-3,13,18-22H2,1H3,(H,35,36,37,38). The molecule has 6 rings (SSSR count). The molecule has 5 aromatic rings. The monoisotopic (exact) mass is 575 g/mol. The Balaban J connectivity index is 1.24. The first-order valence-corrected chi connectivity index (χ1v) is 14.6. The second-order valence-electron chi connectivity index (χ2n) is 10.7. The quantitative estimate of drug-likeness (QED) is 0.257. The third kappa shape index (κ3) is 6.23. The fourth-order valence-corrected chi connectivity index (χ4v) is 5.41. The van der Waals surface area contributed by atoms with Gasteiger partial charge in [0.05, 0.1) is 24.3 Å². The van der Waals surface area contributed by atoms with Crippen LogP contribution in [0.1, 0.15) is 48.0 Å². The highest BCUT2D eigenvalue weighted by molar-refractivity contribution is 5.80. The molecule has 0 aliphatic carbocycles. The van der Waals surface area contributed by atoms with E-state index in [1.807, 2.05) is 78.9 Å². The van der Waals surface area contributed by atoms with Gasteiger partial charge in [-0.15, -0.1) is 5.10 Å². The summed E-state index contributed by atoms with van der Waals surface area (Å²) < 4.78 is 7.32. The van der Waals surface area contributed by atoms with Gasteiger partial charge in [0.15, 0.2) is 5.82 Å². The van der Waals surface area contributed by atoms with E-state index in [4.69, 9.17) is 9.72 Å². The third-order valence-electron chi connectivity index (χ3n) is 7.75. The van der Waals surface area contributed by atoms with Gasteiger partial charge in [0.25, 0.3) is 5.56 Å². The molecular formula is C33H33N7O3. The highest BCUT2D eigenvalue weighted by Gasteiger charge is 2.27. The summed E-state index contributed by atoms with van der Waals surface area (Å²) in [5.74, 6) is 1.39. The second kappa shape index (κ2) is 12.8. The molecule has 0 atom stereocenters. The van der Waals surface area contributed by atoms with Crippen molar-refractivity contribution in [3.63, 3.8) is 0 Å². The first-order chi connectivity index (χ1) is 21.1. The van der Waals surface area contributed by atoms with Crippen molar-refractivity contribution in [1.29, 1.82) is 0 Å². The zero-order valence-corrected chi connectivity index (χ0v) is 24.1. The maximum absolute atomic E-state index is 13.9. The van der Waals surface area contributed by atoms with E-state index in [1.165, 1.54) is 0 Å². The summed E-state index contributed by atoms with van der Waals surface area (Å²) in [6.07, 6.45) is 2.77. The minimum Gasteiger partial charge on any atom is -0.445 e. The van der Waals surface area contributed by atoms with Crippen molar-refractivity contribution in [3.8, 4) is 22.5 Å². The Bertz CT molecular complexity index is 1750. The summed E-state index contributed by atoms with van der Waals surface area (Å²) in [4.78, 5) is 33.4. The summed E-state index contributed by atoms with van der Waals surface area (Å²) in [7, 11) is 0. The van der Waals surface area contributed by atoms with Crippen LogP contribution in [0.3, 0.4) is 0 Å². The molecule has 0 radical (unpaired) electrons. The second-order valence-corrected chi connectivity index (χ2v) is 10.7. The number of hydrogen-bond donors (Lipinski definition) is 1. The molecule has 0 unspecified atom stereocenters. The van der Waals surface area contributed by atoms with E-state index in [0.29, 0.717) is 30.9 Å². The normalized spacial score (nSPS) is 12.6. The zero-order chi connectivity index (χ0) is 29.6. The first kappa shape index (κ1) is 28.0. The number of nitrogens with one attached hydrogen (secondary N) is 1. The Labute approximate surface area is 249 Å². The number of unbranched alkanes of at least 4 members (excludes halogenated alkanes) is 1. The minimum absolute atomic E-state index is 0.0936. The van der Waals surface area contributed by atoms with Crippen LogP contribution in [-0.4, -0.2) is 47.7 Å². The van der Waals surface area contributed by atoms with Gasteiger partial charge in [0, 0.05) is 24.9 Å². The van der Waals surface area contributed by atoms with E-state index >= 15 is 0 Å². The van der Waals surface area contributed by atoms with Crippen molar-refractivity contribution >= 4 is 6.09 Å². The minimum atomic E-state index is -0.424. The molecule has 10 heteroatoms. The smallest absolute Gasteiger partial charge is 0.410 e. The average Bonchev–Trinajstić information content (AvgIpc) is 3.60. The van der Waals surface area contributed by atoms with E-state index in [2.05, 4.69) is 27.5 Å². The van der Waals surface area contributed by atoms with Crippen molar-refractivity contribution in [2.45, 2.75) is 52.3 Å². The van der Waals surface area contributed by atoms with E-state index in [1.54, 1.807) is 9.47 Å². The highest BCUT2D eigenvalue weighted by atomic mass is 16.6. The van der Waals surface area contributed by atoms with Crippen molar-refractivity contribution in [1.82, 2.24) is 35.1 Å². The summed E-state index contributed by atoms with van der Waals surface area (Å²) in [5.41, 5.74) is 6.09. The molecule has 218 valence electrons. The van der Waals surface area contributed by atoms with Gasteiger partial charge in [0.1, 0.15) is 12.4 Å². The molecule has 10 nitrogen and oxygen atoms in total. The SMILES string of the molecule is CCCCc1nc2c(c(=O)n1Cc1ccc(-c3ccccc3-c3nnn[nH]3)cc1)CN(C(=O)OCc1ccccc1)CC2. The Hall–Kier alpha value is -5.12. The van der Waals surface area contributed by atoms with Gasteiger partial charge in [0.2, 0.25) is 0 Å². The van der Waals surface area contributed by atoms with Gasteiger partial charge < -0.3 is 9.64 Å². The number of ether oxygens (including phenoxy) is 1. The van der Waals surface area contributed by atoms with Crippen LogP contribution >= 0.6 is 0 Å².